The van der Waals surface area contributed by atoms with Gasteiger partial charge in [0.2, 0.25) is 0 Å². The number of amides is 1. The maximum absolute atomic E-state index is 13.1. The van der Waals surface area contributed by atoms with Crippen LogP contribution in [-0.4, -0.2) is 36.5 Å². The molecule has 3 aromatic rings. The van der Waals surface area contributed by atoms with Crippen molar-refractivity contribution >= 4 is 5.91 Å². The van der Waals surface area contributed by atoms with E-state index >= 15 is 0 Å². The number of rotatable bonds is 7. The first-order chi connectivity index (χ1) is 17.5. The maximum Gasteiger partial charge on any atom is 0.251 e. The van der Waals surface area contributed by atoms with Gasteiger partial charge in [0.1, 0.15) is 0 Å². The topological polar surface area (TPSA) is 32.3 Å². The van der Waals surface area contributed by atoms with Crippen LogP contribution >= 0.6 is 0 Å². The number of carbonyl (C=O) groups excluding carboxylic acids is 1. The Balaban J connectivity index is 1.12. The largest absolute Gasteiger partial charge is 0.352 e. The predicted octanol–water partition coefficient (Wildman–Crippen LogP) is 6.26. The summed E-state index contributed by atoms with van der Waals surface area (Å²) in [7, 11) is 0. The zero-order valence-electron chi connectivity index (χ0n) is 21.7. The van der Waals surface area contributed by atoms with Gasteiger partial charge in [0, 0.05) is 24.7 Å². The molecule has 36 heavy (non-hydrogen) atoms. The quantitative estimate of drug-likeness (QED) is 0.435. The Kier molecular flexibility index (Phi) is 6.21. The number of nitrogens with zero attached hydrogens (tertiary/aromatic N) is 1. The second-order valence-electron chi connectivity index (χ2n) is 11.6. The fourth-order valence-electron chi connectivity index (χ4n) is 6.67. The van der Waals surface area contributed by atoms with Crippen LogP contribution in [0.5, 0.6) is 0 Å². The highest BCUT2D eigenvalue weighted by molar-refractivity contribution is 5.94. The lowest BCUT2D eigenvalue weighted by Gasteiger charge is -2.55. The van der Waals surface area contributed by atoms with Gasteiger partial charge in [0.05, 0.1) is 0 Å². The summed E-state index contributed by atoms with van der Waals surface area (Å²) in [4.78, 5) is 15.9. The Morgan fingerprint density at radius 2 is 1.81 bits per heavy atom. The third-order valence-corrected chi connectivity index (χ3v) is 9.31. The van der Waals surface area contributed by atoms with Gasteiger partial charge in [-0.1, -0.05) is 74.5 Å². The molecule has 1 aliphatic heterocycles. The van der Waals surface area contributed by atoms with Crippen LogP contribution in [0, 0.1) is 11.8 Å². The van der Waals surface area contributed by atoms with Crippen LogP contribution in [0.4, 0.5) is 0 Å². The maximum atomic E-state index is 13.1. The van der Waals surface area contributed by atoms with E-state index in [9.17, 15) is 4.79 Å². The number of fused-ring (bicyclic) bond motifs is 4. The first-order valence-corrected chi connectivity index (χ1v) is 13.8. The lowest BCUT2D eigenvalue weighted by molar-refractivity contribution is 0.0284. The van der Waals surface area contributed by atoms with Crippen LogP contribution in [0.3, 0.4) is 0 Å². The van der Waals surface area contributed by atoms with Crippen LogP contribution in [0.2, 0.25) is 0 Å². The molecule has 2 aliphatic carbocycles. The molecule has 0 aromatic heterocycles. The van der Waals surface area contributed by atoms with Crippen LogP contribution < -0.4 is 5.32 Å². The van der Waals surface area contributed by atoms with Gasteiger partial charge in [0.25, 0.3) is 5.91 Å². The van der Waals surface area contributed by atoms with Crippen LogP contribution in [0.15, 0.2) is 72.8 Å². The van der Waals surface area contributed by atoms with Crippen LogP contribution in [0.1, 0.15) is 60.2 Å². The van der Waals surface area contributed by atoms with Gasteiger partial charge in [-0.3, -0.25) is 9.69 Å². The van der Waals surface area contributed by atoms with Crippen LogP contribution in [-0.2, 0) is 18.3 Å². The Bertz CT molecular complexity index is 1250. The summed E-state index contributed by atoms with van der Waals surface area (Å²) >= 11 is 0. The summed E-state index contributed by atoms with van der Waals surface area (Å²) < 4.78 is 0. The van der Waals surface area contributed by atoms with Crippen molar-refractivity contribution in [3.63, 3.8) is 0 Å². The standard InChI is InChI=1S/C33H38N2O/c1-23-31-21-28-13-14-29(20-30(28)33(23,2)16-18-35(31)22-25-11-12-25)32(36)34-17-15-24-7-6-10-27(19-24)26-8-4-3-5-9-26/h3-10,13-14,19-20,23,25,31H,11-12,15-18,21-22H2,1-2H3,(H,34,36)/t23-,31-,33-/m1/s1. The number of nitrogens with one attached hydrogen (secondary N) is 1. The van der Waals surface area contributed by atoms with E-state index in [0.29, 0.717) is 18.5 Å². The average molecular weight is 479 g/mol. The SMILES string of the molecule is C[C@@H]1[C@H]2Cc3ccc(C(=O)NCCc4cccc(-c5ccccc5)c4)cc3[C@]1(C)CCN2CC1CC1. The van der Waals surface area contributed by atoms with E-state index in [4.69, 9.17) is 0 Å². The molecule has 0 radical (unpaired) electrons. The fraction of sp³-hybridized carbons (Fsp3) is 0.424. The first-order valence-electron chi connectivity index (χ1n) is 13.8. The molecule has 3 atom stereocenters. The van der Waals surface area contributed by atoms with Gasteiger partial charge >= 0.3 is 0 Å². The molecule has 1 N–H and O–H groups in total. The van der Waals surface area contributed by atoms with E-state index in [0.717, 1.165) is 24.3 Å². The third kappa shape index (κ3) is 4.50. The highest BCUT2D eigenvalue weighted by Gasteiger charge is 2.49. The number of piperidine rings is 1. The van der Waals surface area contributed by atoms with Gasteiger partial charge in [-0.15, -0.1) is 0 Å². The van der Waals surface area contributed by atoms with Gasteiger partial charge in [-0.25, -0.2) is 0 Å². The minimum absolute atomic E-state index is 0.0431. The zero-order chi connectivity index (χ0) is 24.7. The van der Waals surface area contributed by atoms with Crippen molar-refractivity contribution in [1.29, 1.82) is 0 Å². The van der Waals surface area contributed by atoms with E-state index in [-0.39, 0.29) is 11.3 Å². The van der Waals surface area contributed by atoms with E-state index in [1.165, 1.54) is 60.2 Å². The molecule has 3 nitrogen and oxygen atoms in total. The Morgan fingerprint density at radius 1 is 1.00 bits per heavy atom. The number of benzene rings is 3. The van der Waals surface area contributed by atoms with Gasteiger partial charge < -0.3 is 5.32 Å². The Labute approximate surface area is 215 Å². The van der Waals surface area contributed by atoms with E-state index < -0.39 is 0 Å². The van der Waals surface area contributed by atoms with E-state index in [1.807, 2.05) is 12.1 Å². The van der Waals surface area contributed by atoms with Crippen molar-refractivity contribution < 1.29 is 4.79 Å². The molecule has 3 aromatic carbocycles. The third-order valence-electron chi connectivity index (χ3n) is 9.31. The highest BCUT2D eigenvalue weighted by Crippen LogP contribution is 2.49. The molecule has 1 saturated heterocycles. The molecule has 1 amide bonds. The molecule has 3 aliphatic rings. The number of likely N-dealkylation sites (tertiary alicyclic amines) is 1. The van der Waals surface area contributed by atoms with Crippen molar-refractivity contribution in [2.24, 2.45) is 11.8 Å². The summed E-state index contributed by atoms with van der Waals surface area (Å²) in [6, 6.07) is 26.2. The van der Waals surface area contributed by atoms with Crippen molar-refractivity contribution in [1.82, 2.24) is 10.2 Å². The number of hydrogen-bond acceptors (Lipinski definition) is 2. The lowest BCUT2D eigenvalue weighted by Crippen LogP contribution is -2.58. The first kappa shape index (κ1) is 23.5. The highest BCUT2D eigenvalue weighted by atomic mass is 16.1. The van der Waals surface area contributed by atoms with Gasteiger partial charge in [0.15, 0.2) is 0 Å². The molecule has 1 saturated carbocycles. The summed E-state index contributed by atoms with van der Waals surface area (Å²) in [5.74, 6) is 1.60. The van der Waals surface area contributed by atoms with Crippen molar-refractivity contribution in [3.8, 4) is 11.1 Å². The Hall–Kier alpha value is -2.91. The van der Waals surface area contributed by atoms with Crippen molar-refractivity contribution in [2.75, 3.05) is 19.6 Å². The lowest BCUT2D eigenvalue weighted by atomic mass is 9.59. The summed E-state index contributed by atoms with van der Waals surface area (Å²) in [6.07, 6.45) is 5.97. The monoisotopic (exact) mass is 478 g/mol. The summed E-state index contributed by atoms with van der Waals surface area (Å²) in [5.41, 5.74) is 7.52. The molecule has 0 unspecified atom stereocenters. The van der Waals surface area contributed by atoms with E-state index in [1.54, 1.807) is 0 Å². The van der Waals surface area contributed by atoms with E-state index in [2.05, 4.69) is 84.7 Å². The zero-order valence-corrected chi connectivity index (χ0v) is 21.7. The smallest absolute Gasteiger partial charge is 0.251 e. The molecule has 0 spiro atoms. The molecular weight excluding hydrogens is 440 g/mol. The predicted molar refractivity (Wildman–Crippen MR) is 147 cm³/mol. The molecule has 1 heterocycles. The molecule has 186 valence electrons. The minimum Gasteiger partial charge on any atom is -0.352 e. The fourth-order valence-corrected chi connectivity index (χ4v) is 6.67. The normalized spacial score (nSPS) is 25.3. The van der Waals surface area contributed by atoms with Crippen molar-refractivity contribution in [2.45, 2.75) is 57.4 Å². The number of carbonyl (C=O) groups is 1. The number of hydrogen-bond donors (Lipinski definition) is 1. The summed E-state index contributed by atoms with van der Waals surface area (Å²) in [5, 5.41) is 3.18. The Morgan fingerprint density at radius 3 is 2.61 bits per heavy atom. The molecule has 2 bridgehead atoms. The second kappa shape index (κ2) is 9.52. The van der Waals surface area contributed by atoms with Gasteiger partial charge in [-0.2, -0.15) is 0 Å². The van der Waals surface area contributed by atoms with Crippen molar-refractivity contribution in [3.05, 3.63) is 95.1 Å². The summed E-state index contributed by atoms with van der Waals surface area (Å²) in [6.45, 7) is 8.01. The molecule has 6 rings (SSSR count). The molecule has 3 heteroatoms. The second-order valence-corrected chi connectivity index (χ2v) is 11.6. The molecular formula is C33H38N2O. The van der Waals surface area contributed by atoms with Crippen LogP contribution in [0.25, 0.3) is 11.1 Å². The van der Waals surface area contributed by atoms with Gasteiger partial charge in [-0.05, 0) is 95.8 Å². The molecule has 2 fully saturated rings. The minimum atomic E-state index is 0.0431. The average Bonchev–Trinajstić information content (AvgIpc) is 3.72.